The van der Waals surface area contributed by atoms with E-state index in [1.807, 2.05) is 27.7 Å². The first-order valence-electron chi connectivity index (χ1n) is 5.35. The van der Waals surface area contributed by atoms with Crippen LogP contribution in [0.1, 0.15) is 34.1 Å². The number of hydrogen-bond acceptors (Lipinski definition) is 4. The van der Waals surface area contributed by atoms with Gasteiger partial charge in [-0.3, -0.25) is 4.79 Å². The lowest BCUT2D eigenvalue weighted by molar-refractivity contribution is -0.141. The van der Waals surface area contributed by atoms with E-state index in [2.05, 4.69) is 10.1 Å². The highest BCUT2D eigenvalue weighted by Crippen LogP contribution is 2.07. The molecule has 0 radical (unpaired) electrons. The molecule has 1 unspecified atom stereocenters. The van der Waals surface area contributed by atoms with E-state index >= 15 is 0 Å². The Balaban J connectivity index is 3.79. The zero-order valence-corrected chi connectivity index (χ0v) is 10.4. The van der Waals surface area contributed by atoms with Crippen LogP contribution in [0.2, 0.25) is 0 Å². The molecule has 0 aliphatic carbocycles. The number of hydrogen-bond donors (Lipinski definition) is 1. The van der Waals surface area contributed by atoms with Crippen molar-refractivity contribution in [2.75, 3.05) is 20.3 Å². The molecule has 0 saturated heterocycles. The molecule has 0 aromatic heterocycles. The summed E-state index contributed by atoms with van der Waals surface area (Å²) >= 11 is 0. The molecule has 15 heavy (non-hydrogen) atoms. The van der Waals surface area contributed by atoms with Crippen LogP contribution in [0.5, 0.6) is 0 Å². The summed E-state index contributed by atoms with van der Waals surface area (Å²) in [6, 6.07) is 0.109. The third-order valence-corrected chi connectivity index (χ3v) is 2.11. The molecule has 0 rings (SSSR count). The predicted molar refractivity (Wildman–Crippen MR) is 59.8 cm³/mol. The second-order valence-electron chi connectivity index (χ2n) is 4.25. The lowest BCUT2D eigenvalue weighted by Crippen LogP contribution is -2.42. The molecule has 4 heteroatoms. The van der Waals surface area contributed by atoms with E-state index in [0.717, 1.165) is 6.54 Å². The highest BCUT2D eigenvalue weighted by molar-refractivity contribution is 5.69. The normalized spacial score (nSPS) is 13.7. The maximum Gasteiger partial charge on any atom is 0.307 e. The van der Waals surface area contributed by atoms with Crippen molar-refractivity contribution < 1.29 is 14.3 Å². The van der Waals surface area contributed by atoms with Gasteiger partial charge in [0.1, 0.15) is 0 Å². The molecule has 4 nitrogen and oxygen atoms in total. The number of esters is 1. The summed E-state index contributed by atoms with van der Waals surface area (Å²) in [4.78, 5) is 11.0. The van der Waals surface area contributed by atoms with Crippen molar-refractivity contribution in [1.82, 2.24) is 5.32 Å². The number of methoxy groups -OCH3 is 1. The molecule has 0 aromatic carbocycles. The van der Waals surface area contributed by atoms with Gasteiger partial charge in [0, 0.05) is 19.2 Å². The number of carbonyl (C=O) groups excluding carboxylic acids is 1. The molecule has 0 aliphatic heterocycles. The topological polar surface area (TPSA) is 47.6 Å². The maximum atomic E-state index is 11.0. The number of ether oxygens (including phenoxy) is 2. The average Bonchev–Trinajstić information content (AvgIpc) is 2.15. The predicted octanol–water partition coefficient (Wildman–Crippen LogP) is 1.34. The molecule has 0 aromatic rings. The summed E-state index contributed by atoms with van der Waals surface area (Å²) < 4.78 is 10.1. The molecule has 0 spiro atoms. The first-order valence-corrected chi connectivity index (χ1v) is 5.35. The van der Waals surface area contributed by atoms with Gasteiger partial charge in [0.25, 0.3) is 0 Å². The average molecular weight is 217 g/mol. The van der Waals surface area contributed by atoms with E-state index in [0.29, 0.717) is 13.0 Å². The van der Waals surface area contributed by atoms with Crippen LogP contribution < -0.4 is 5.32 Å². The van der Waals surface area contributed by atoms with Gasteiger partial charge < -0.3 is 14.8 Å². The molecule has 1 N–H and O–H groups in total. The van der Waals surface area contributed by atoms with Gasteiger partial charge in [-0.25, -0.2) is 0 Å². The minimum Gasteiger partial charge on any atom is -0.469 e. The zero-order valence-electron chi connectivity index (χ0n) is 10.4. The quantitative estimate of drug-likeness (QED) is 0.654. The first kappa shape index (κ1) is 14.4. The zero-order chi connectivity index (χ0) is 11.9. The van der Waals surface area contributed by atoms with Crippen LogP contribution in [0.25, 0.3) is 0 Å². The summed E-state index contributed by atoms with van der Waals surface area (Å²) in [7, 11) is 1.40. The van der Waals surface area contributed by atoms with Crippen LogP contribution in [0.4, 0.5) is 0 Å². The smallest absolute Gasteiger partial charge is 0.307 e. The maximum absolute atomic E-state index is 11.0. The Kier molecular flexibility index (Phi) is 6.52. The lowest BCUT2D eigenvalue weighted by Gasteiger charge is -2.26. The molecule has 0 fully saturated rings. The fraction of sp³-hybridized carbons (Fsp3) is 0.909. The summed E-state index contributed by atoms with van der Waals surface area (Å²) in [5, 5.41) is 3.25. The third-order valence-electron chi connectivity index (χ3n) is 2.11. The van der Waals surface area contributed by atoms with Gasteiger partial charge in [-0.1, -0.05) is 0 Å². The lowest BCUT2D eigenvalue weighted by atomic mass is 10.1. The van der Waals surface area contributed by atoms with Crippen molar-refractivity contribution in [3.63, 3.8) is 0 Å². The molecule has 0 amide bonds. The van der Waals surface area contributed by atoms with Crippen molar-refractivity contribution in [1.29, 1.82) is 0 Å². The van der Waals surface area contributed by atoms with Gasteiger partial charge in [-0.05, 0) is 27.7 Å². The molecule has 0 bridgehead atoms. The van der Waals surface area contributed by atoms with Crippen LogP contribution in [-0.2, 0) is 14.3 Å². The largest absolute Gasteiger partial charge is 0.469 e. The van der Waals surface area contributed by atoms with Crippen molar-refractivity contribution >= 4 is 5.97 Å². The van der Waals surface area contributed by atoms with Crippen LogP contribution in [0, 0.1) is 0 Å². The second-order valence-corrected chi connectivity index (χ2v) is 4.25. The van der Waals surface area contributed by atoms with Crippen molar-refractivity contribution in [3.8, 4) is 0 Å². The summed E-state index contributed by atoms with van der Waals surface area (Å²) in [6.07, 6.45) is 0.388. The van der Waals surface area contributed by atoms with Crippen molar-refractivity contribution in [2.45, 2.75) is 45.8 Å². The van der Waals surface area contributed by atoms with Crippen molar-refractivity contribution in [2.24, 2.45) is 0 Å². The minimum atomic E-state index is -0.195. The summed E-state index contributed by atoms with van der Waals surface area (Å²) in [5.41, 5.74) is -0.195. The fourth-order valence-corrected chi connectivity index (χ4v) is 1.27. The van der Waals surface area contributed by atoms with Crippen LogP contribution in [0.15, 0.2) is 0 Å². The van der Waals surface area contributed by atoms with E-state index in [1.54, 1.807) is 0 Å². The summed E-state index contributed by atoms with van der Waals surface area (Å²) in [6.45, 7) is 9.39. The molecular formula is C11H23NO3. The van der Waals surface area contributed by atoms with E-state index < -0.39 is 0 Å². The van der Waals surface area contributed by atoms with E-state index in [9.17, 15) is 4.79 Å². The van der Waals surface area contributed by atoms with Crippen LogP contribution in [-0.4, -0.2) is 37.9 Å². The van der Waals surface area contributed by atoms with Gasteiger partial charge in [0.15, 0.2) is 0 Å². The van der Waals surface area contributed by atoms with Gasteiger partial charge in [-0.2, -0.15) is 0 Å². The van der Waals surface area contributed by atoms with Crippen LogP contribution in [0.3, 0.4) is 0 Å². The molecule has 0 saturated carbocycles. The second kappa shape index (κ2) is 6.80. The first-order chi connectivity index (χ1) is 6.91. The Hall–Kier alpha value is -0.610. The SMILES string of the molecule is CCOC(C)(C)CNC(C)CC(=O)OC. The Labute approximate surface area is 92.3 Å². The monoisotopic (exact) mass is 217 g/mol. The number of nitrogens with one attached hydrogen (secondary N) is 1. The Bertz CT molecular complexity index is 192. The molecule has 0 aliphatic rings. The van der Waals surface area contributed by atoms with Gasteiger partial charge >= 0.3 is 5.97 Å². The third kappa shape index (κ3) is 7.33. The van der Waals surface area contributed by atoms with Gasteiger partial charge in [-0.15, -0.1) is 0 Å². The van der Waals surface area contributed by atoms with E-state index in [-0.39, 0.29) is 17.6 Å². The highest BCUT2D eigenvalue weighted by Gasteiger charge is 2.19. The molecule has 0 heterocycles. The fourth-order valence-electron chi connectivity index (χ4n) is 1.27. The standard InChI is InChI=1S/C11H23NO3/c1-6-15-11(3,4)8-12-9(2)7-10(13)14-5/h9,12H,6-8H2,1-5H3. The number of rotatable bonds is 7. The van der Waals surface area contributed by atoms with Crippen LogP contribution >= 0.6 is 0 Å². The minimum absolute atomic E-state index is 0.109. The highest BCUT2D eigenvalue weighted by atomic mass is 16.5. The Morgan fingerprint density at radius 3 is 2.53 bits per heavy atom. The summed E-state index contributed by atoms with van der Waals surface area (Å²) in [5.74, 6) is -0.191. The molecular weight excluding hydrogens is 194 g/mol. The number of carbonyl (C=O) groups is 1. The molecule has 90 valence electrons. The van der Waals surface area contributed by atoms with Gasteiger partial charge in [0.2, 0.25) is 0 Å². The Morgan fingerprint density at radius 2 is 2.07 bits per heavy atom. The van der Waals surface area contributed by atoms with Gasteiger partial charge in [0.05, 0.1) is 19.1 Å². The Morgan fingerprint density at radius 1 is 1.47 bits per heavy atom. The van der Waals surface area contributed by atoms with E-state index in [4.69, 9.17) is 4.74 Å². The molecule has 1 atom stereocenters. The van der Waals surface area contributed by atoms with E-state index in [1.165, 1.54) is 7.11 Å². The van der Waals surface area contributed by atoms with Crippen molar-refractivity contribution in [3.05, 3.63) is 0 Å².